The van der Waals surface area contributed by atoms with Crippen LogP contribution in [0.5, 0.6) is 0 Å². The number of aryl methyl sites for hydroxylation is 2. The van der Waals surface area contributed by atoms with Gasteiger partial charge < -0.3 is 4.42 Å². The maximum absolute atomic E-state index is 5.13. The second-order valence-electron chi connectivity index (χ2n) is 3.08. The van der Waals surface area contributed by atoms with Gasteiger partial charge >= 0.3 is 0 Å². The summed E-state index contributed by atoms with van der Waals surface area (Å²) in [4.78, 5) is 0. The number of hydrogen-bond acceptors (Lipinski definition) is 1. The summed E-state index contributed by atoms with van der Waals surface area (Å²) >= 11 is 0. The number of fused-ring (bicyclic) bond motifs is 3. The molecule has 2 aromatic rings. The molecule has 0 atom stereocenters. The van der Waals surface area contributed by atoms with Crippen LogP contribution in [0.15, 0.2) is 29.1 Å². The molecule has 1 nitrogen and oxygen atoms in total. The lowest BCUT2D eigenvalue weighted by atomic mass is 9.86. The predicted molar refractivity (Wildman–Crippen MR) is 43.6 cm³/mol. The highest BCUT2D eigenvalue weighted by Gasteiger charge is 2.16. The van der Waals surface area contributed by atoms with Gasteiger partial charge in [0, 0.05) is 10.8 Å². The molecule has 0 bridgehead atoms. The minimum Gasteiger partial charge on any atom is -0.471 e. The van der Waals surface area contributed by atoms with E-state index in [1.54, 1.807) is 0 Å². The lowest BCUT2D eigenvalue weighted by Gasteiger charge is -2.18. The fraction of sp³-hybridized carbons (Fsp3) is 0.200. The zero-order valence-corrected chi connectivity index (χ0v) is 6.13. The van der Waals surface area contributed by atoms with Crippen molar-refractivity contribution in [3.8, 4) is 0 Å². The summed E-state index contributed by atoms with van der Waals surface area (Å²) in [7, 11) is 0. The molecule has 3 rings (SSSR count). The SMILES string of the molecule is c1cc2cocc2c2c1CC2. The Bertz CT molecular complexity index is 412. The largest absolute Gasteiger partial charge is 0.471 e. The Morgan fingerprint density at radius 3 is 2.91 bits per heavy atom. The monoisotopic (exact) mass is 144 g/mol. The molecule has 0 fully saturated rings. The van der Waals surface area contributed by atoms with Crippen molar-refractivity contribution in [2.45, 2.75) is 12.8 Å². The van der Waals surface area contributed by atoms with Gasteiger partial charge in [-0.15, -0.1) is 0 Å². The first kappa shape index (κ1) is 5.42. The Morgan fingerprint density at radius 1 is 1.09 bits per heavy atom. The van der Waals surface area contributed by atoms with Crippen molar-refractivity contribution in [3.05, 3.63) is 35.8 Å². The Morgan fingerprint density at radius 2 is 2.09 bits per heavy atom. The molecule has 1 aliphatic carbocycles. The summed E-state index contributed by atoms with van der Waals surface area (Å²) in [5.41, 5.74) is 3.00. The average molecular weight is 144 g/mol. The van der Waals surface area contributed by atoms with Gasteiger partial charge in [0.1, 0.15) is 0 Å². The van der Waals surface area contributed by atoms with E-state index in [1.165, 1.54) is 34.7 Å². The lowest BCUT2D eigenvalue weighted by molar-refractivity contribution is 0.572. The van der Waals surface area contributed by atoms with Crippen LogP contribution >= 0.6 is 0 Å². The van der Waals surface area contributed by atoms with Crippen LogP contribution in [-0.4, -0.2) is 0 Å². The summed E-state index contributed by atoms with van der Waals surface area (Å²) < 4.78 is 5.13. The maximum atomic E-state index is 5.13. The van der Waals surface area contributed by atoms with Crippen LogP contribution in [0.1, 0.15) is 11.1 Å². The Hall–Kier alpha value is -1.24. The molecule has 1 aromatic heterocycles. The zero-order chi connectivity index (χ0) is 7.26. The van der Waals surface area contributed by atoms with Gasteiger partial charge in [0.15, 0.2) is 0 Å². The number of rotatable bonds is 0. The Labute approximate surface area is 64.6 Å². The van der Waals surface area contributed by atoms with Gasteiger partial charge in [-0.1, -0.05) is 12.1 Å². The summed E-state index contributed by atoms with van der Waals surface area (Å²) in [6.45, 7) is 0. The summed E-state index contributed by atoms with van der Waals surface area (Å²) in [6.07, 6.45) is 6.14. The summed E-state index contributed by atoms with van der Waals surface area (Å²) in [6, 6.07) is 4.34. The van der Waals surface area contributed by atoms with Gasteiger partial charge in [0.25, 0.3) is 0 Å². The van der Waals surface area contributed by atoms with Crippen molar-refractivity contribution < 1.29 is 4.42 Å². The molecule has 0 saturated carbocycles. The van der Waals surface area contributed by atoms with Gasteiger partial charge in [0.05, 0.1) is 12.5 Å². The average Bonchev–Trinajstić information content (AvgIpc) is 2.34. The van der Waals surface area contributed by atoms with Crippen molar-refractivity contribution in [2.24, 2.45) is 0 Å². The molecule has 1 aromatic carbocycles. The first-order valence-corrected chi connectivity index (χ1v) is 3.92. The Kier molecular flexibility index (Phi) is 0.823. The third kappa shape index (κ3) is 0.559. The number of hydrogen-bond donors (Lipinski definition) is 0. The minimum absolute atomic E-state index is 1.23. The van der Waals surface area contributed by atoms with Crippen LogP contribution in [0, 0.1) is 0 Å². The fourth-order valence-corrected chi connectivity index (χ4v) is 1.76. The second-order valence-corrected chi connectivity index (χ2v) is 3.08. The molecule has 1 heteroatoms. The third-order valence-electron chi connectivity index (χ3n) is 2.51. The lowest BCUT2D eigenvalue weighted by Crippen LogP contribution is -2.07. The molecule has 1 aliphatic rings. The van der Waals surface area contributed by atoms with E-state index in [0.29, 0.717) is 0 Å². The first-order chi connectivity index (χ1) is 5.45. The molecule has 0 spiro atoms. The van der Waals surface area contributed by atoms with E-state index in [4.69, 9.17) is 4.42 Å². The molecule has 0 saturated heterocycles. The van der Waals surface area contributed by atoms with E-state index >= 15 is 0 Å². The number of benzene rings is 1. The van der Waals surface area contributed by atoms with Crippen LogP contribution in [0.4, 0.5) is 0 Å². The van der Waals surface area contributed by atoms with E-state index in [2.05, 4.69) is 12.1 Å². The highest BCUT2D eigenvalue weighted by atomic mass is 16.3. The molecule has 0 N–H and O–H groups in total. The molecule has 1 heterocycles. The van der Waals surface area contributed by atoms with Crippen molar-refractivity contribution in [1.82, 2.24) is 0 Å². The van der Waals surface area contributed by atoms with Gasteiger partial charge in [0.2, 0.25) is 0 Å². The van der Waals surface area contributed by atoms with Crippen molar-refractivity contribution in [3.63, 3.8) is 0 Å². The molecule has 0 amide bonds. The van der Waals surface area contributed by atoms with Gasteiger partial charge in [-0.2, -0.15) is 0 Å². The molecular weight excluding hydrogens is 136 g/mol. The maximum Gasteiger partial charge on any atom is 0.0984 e. The van der Waals surface area contributed by atoms with E-state index in [1.807, 2.05) is 12.5 Å². The molecule has 0 unspecified atom stereocenters. The van der Waals surface area contributed by atoms with Gasteiger partial charge in [-0.05, 0) is 24.0 Å². The zero-order valence-electron chi connectivity index (χ0n) is 6.13. The van der Waals surface area contributed by atoms with Crippen LogP contribution in [-0.2, 0) is 12.8 Å². The molecule has 11 heavy (non-hydrogen) atoms. The van der Waals surface area contributed by atoms with E-state index in [9.17, 15) is 0 Å². The minimum atomic E-state index is 1.23. The van der Waals surface area contributed by atoms with Crippen molar-refractivity contribution in [1.29, 1.82) is 0 Å². The predicted octanol–water partition coefficient (Wildman–Crippen LogP) is 2.53. The van der Waals surface area contributed by atoms with Gasteiger partial charge in [-0.25, -0.2) is 0 Å². The van der Waals surface area contributed by atoms with Gasteiger partial charge in [-0.3, -0.25) is 0 Å². The van der Waals surface area contributed by atoms with Crippen molar-refractivity contribution in [2.75, 3.05) is 0 Å². The van der Waals surface area contributed by atoms with Crippen molar-refractivity contribution >= 4 is 10.8 Å². The smallest absolute Gasteiger partial charge is 0.0984 e. The second kappa shape index (κ2) is 1.67. The molecular formula is C10H8O. The van der Waals surface area contributed by atoms with Crippen LogP contribution < -0.4 is 0 Å². The summed E-state index contributed by atoms with van der Waals surface area (Å²) in [5.74, 6) is 0. The third-order valence-corrected chi connectivity index (χ3v) is 2.51. The molecule has 0 aliphatic heterocycles. The molecule has 54 valence electrons. The summed E-state index contributed by atoms with van der Waals surface area (Å²) in [5, 5.41) is 2.55. The van der Waals surface area contributed by atoms with E-state index in [0.717, 1.165) is 0 Å². The van der Waals surface area contributed by atoms with Crippen LogP contribution in [0.25, 0.3) is 10.8 Å². The first-order valence-electron chi connectivity index (χ1n) is 3.92. The van der Waals surface area contributed by atoms with Crippen LogP contribution in [0.3, 0.4) is 0 Å². The normalized spacial score (nSPS) is 14.5. The fourth-order valence-electron chi connectivity index (χ4n) is 1.76. The standard InChI is InChI=1S/C10H8O/c1-2-8-5-11-6-10(8)9-4-3-7(1)9/h1-2,5-6H,3-4H2. The highest BCUT2D eigenvalue weighted by Crippen LogP contribution is 2.31. The van der Waals surface area contributed by atoms with E-state index < -0.39 is 0 Å². The molecule has 0 radical (unpaired) electrons. The topological polar surface area (TPSA) is 13.1 Å². The highest BCUT2D eigenvalue weighted by molar-refractivity contribution is 5.86. The van der Waals surface area contributed by atoms with E-state index in [-0.39, 0.29) is 0 Å². The number of furan rings is 1. The quantitative estimate of drug-likeness (QED) is 0.553. The van der Waals surface area contributed by atoms with Crippen LogP contribution in [0.2, 0.25) is 0 Å². The Balaban J connectivity index is 2.54.